The summed E-state index contributed by atoms with van der Waals surface area (Å²) < 4.78 is 10.5. The van der Waals surface area contributed by atoms with Crippen LogP contribution in [-0.2, 0) is 4.74 Å². The first-order valence-electron chi connectivity index (χ1n) is 6.68. The molecule has 0 unspecified atom stereocenters. The molecule has 1 aromatic rings. The number of ether oxygens (including phenoxy) is 2. The molecule has 0 aromatic heterocycles. The van der Waals surface area contributed by atoms with E-state index in [1.165, 1.54) is 0 Å². The van der Waals surface area contributed by atoms with E-state index in [2.05, 4.69) is 18.7 Å². The van der Waals surface area contributed by atoms with Crippen LogP contribution < -0.4 is 4.74 Å². The summed E-state index contributed by atoms with van der Waals surface area (Å²) in [6.45, 7) is 8.79. The molecule has 0 amide bonds. The molecule has 0 aliphatic carbocycles. The molecule has 4 heteroatoms. The van der Waals surface area contributed by atoms with Gasteiger partial charge >= 0.3 is 5.97 Å². The summed E-state index contributed by atoms with van der Waals surface area (Å²) >= 11 is 0. The van der Waals surface area contributed by atoms with E-state index in [1.54, 1.807) is 31.4 Å². The number of carbonyl (C=O) groups is 1. The van der Waals surface area contributed by atoms with Crippen LogP contribution in [0.15, 0.2) is 24.3 Å². The minimum Gasteiger partial charge on any atom is -0.497 e. The fraction of sp³-hybridized carbons (Fsp3) is 0.533. The van der Waals surface area contributed by atoms with Crippen molar-refractivity contribution >= 4 is 5.97 Å². The van der Waals surface area contributed by atoms with Crippen LogP contribution in [0.5, 0.6) is 5.75 Å². The molecule has 1 atom stereocenters. The molecule has 0 saturated carbocycles. The molecule has 0 bridgehead atoms. The van der Waals surface area contributed by atoms with E-state index in [4.69, 9.17) is 9.47 Å². The largest absolute Gasteiger partial charge is 0.497 e. The Morgan fingerprint density at radius 1 is 1.21 bits per heavy atom. The van der Waals surface area contributed by atoms with Crippen molar-refractivity contribution in [3.8, 4) is 5.75 Å². The van der Waals surface area contributed by atoms with Gasteiger partial charge in [-0.1, -0.05) is 13.8 Å². The van der Waals surface area contributed by atoms with Crippen LogP contribution in [0.4, 0.5) is 0 Å². The average molecular weight is 265 g/mol. The van der Waals surface area contributed by atoms with Gasteiger partial charge < -0.3 is 14.4 Å². The summed E-state index contributed by atoms with van der Waals surface area (Å²) in [6, 6.07) is 6.94. The average Bonchev–Trinajstić information content (AvgIpc) is 2.44. The minimum absolute atomic E-state index is 0.116. The summed E-state index contributed by atoms with van der Waals surface area (Å²) in [4.78, 5) is 14.2. The maximum Gasteiger partial charge on any atom is 0.338 e. The normalized spacial score (nSPS) is 12.3. The summed E-state index contributed by atoms with van der Waals surface area (Å²) in [5, 5.41) is 0. The first kappa shape index (κ1) is 15.5. The number of nitrogens with zero attached hydrogens (tertiary/aromatic N) is 1. The highest BCUT2D eigenvalue weighted by Gasteiger charge is 2.14. The molecule has 19 heavy (non-hydrogen) atoms. The predicted octanol–water partition coefficient (Wildman–Crippen LogP) is 2.58. The van der Waals surface area contributed by atoms with Crippen molar-refractivity contribution < 1.29 is 14.3 Å². The fourth-order valence-corrected chi connectivity index (χ4v) is 1.86. The molecule has 0 heterocycles. The topological polar surface area (TPSA) is 38.8 Å². The molecule has 0 radical (unpaired) electrons. The van der Waals surface area contributed by atoms with Gasteiger partial charge in [-0.25, -0.2) is 4.79 Å². The highest BCUT2D eigenvalue weighted by molar-refractivity contribution is 5.89. The molecule has 0 fully saturated rings. The van der Waals surface area contributed by atoms with Crippen LogP contribution >= 0.6 is 0 Å². The van der Waals surface area contributed by atoms with E-state index in [9.17, 15) is 4.79 Å². The van der Waals surface area contributed by atoms with E-state index in [-0.39, 0.29) is 12.1 Å². The number of carbonyl (C=O) groups excluding carboxylic acids is 1. The molecule has 0 saturated heterocycles. The second-order valence-corrected chi connectivity index (χ2v) is 4.43. The van der Waals surface area contributed by atoms with Gasteiger partial charge in [0.25, 0.3) is 0 Å². The van der Waals surface area contributed by atoms with Crippen LogP contribution in [0.3, 0.4) is 0 Å². The van der Waals surface area contributed by atoms with Crippen LogP contribution in [0.1, 0.15) is 31.1 Å². The van der Waals surface area contributed by atoms with Gasteiger partial charge in [0.1, 0.15) is 11.9 Å². The smallest absolute Gasteiger partial charge is 0.338 e. The Balaban J connectivity index is 2.53. The van der Waals surface area contributed by atoms with E-state index in [1.807, 2.05) is 6.92 Å². The third kappa shape index (κ3) is 4.91. The lowest BCUT2D eigenvalue weighted by Gasteiger charge is -2.22. The Morgan fingerprint density at radius 2 is 1.79 bits per heavy atom. The number of hydrogen-bond donors (Lipinski definition) is 0. The summed E-state index contributed by atoms with van der Waals surface area (Å²) in [5.74, 6) is 0.440. The van der Waals surface area contributed by atoms with E-state index >= 15 is 0 Å². The van der Waals surface area contributed by atoms with Gasteiger partial charge in [-0.3, -0.25) is 0 Å². The summed E-state index contributed by atoms with van der Waals surface area (Å²) in [7, 11) is 1.60. The lowest BCUT2D eigenvalue weighted by atomic mass is 10.2. The van der Waals surface area contributed by atoms with Crippen LogP contribution in [0.25, 0.3) is 0 Å². The van der Waals surface area contributed by atoms with Crippen LogP contribution in [0.2, 0.25) is 0 Å². The van der Waals surface area contributed by atoms with Crippen molar-refractivity contribution in [3.05, 3.63) is 29.8 Å². The lowest BCUT2D eigenvalue weighted by molar-refractivity contribution is 0.0260. The molecule has 1 aromatic carbocycles. The second-order valence-electron chi connectivity index (χ2n) is 4.43. The Labute approximate surface area is 115 Å². The molecule has 106 valence electrons. The van der Waals surface area contributed by atoms with Gasteiger partial charge in [-0.2, -0.15) is 0 Å². The standard InChI is InChI=1S/C15H23NO3/c1-5-16(6-2)11-12(3)19-15(17)13-7-9-14(18-4)10-8-13/h7-10,12H,5-6,11H2,1-4H3/t12-/m1/s1. The summed E-state index contributed by atoms with van der Waals surface area (Å²) in [6.07, 6.45) is -0.116. The maximum atomic E-state index is 11.9. The predicted molar refractivity (Wildman–Crippen MR) is 75.7 cm³/mol. The first-order chi connectivity index (χ1) is 9.10. The molecular weight excluding hydrogens is 242 g/mol. The molecule has 0 aliphatic rings. The quantitative estimate of drug-likeness (QED) is 0.710. The minimum atomic E-state index is -0.290. The fourth-order valence-electron chi connectivity index (χ4n) is 1.86. The van der Waals surface area contributed by atoms with E-state index in [0.29, 0.717) is 5.56 Å². The third-order valence-electron chi connectivity index (χ3n) is 3.04. The SMILES string of the molecule is CCN(CC)C[C@@H](C)OC(=O)c1ccc(OC)cc1. The van der Waals surface area contributed by atoms with Gasteiger partial charge in [0, 0.05) is 6.54 Å². The highest BCUT2D eigenvalue weighted by Crippen LogP contribution is 2.13. The Kier molecular flexibility index (Phi) is 6.36. The molecule has 0 spiro atoms. The van der Waals surface area contributed by atoms with Crippen molar-refractivity contribution in [2.24, 2.45) is 0 Å². The maximum absolute atomic E-state index is 11.9. The first-order valence-corrected chi connectivity index (χ1v) is 6.68. The number of rotatable bonds is 7. The monoisotopic (exact) mass is 265 g/mol. The molecule has 4 nitrogen and oxygen atoms in total. The van der Waals surface area contributed by atoms with Gasteiger partial charge in [-0.05, 0) is 44.3 Å². The molecule has 1 rings (SSSR count). The highest BCUT2D eigenvalue weighted by atomic mass is 16.5. The lowest BCUT2D eigenvalue weighted by Crippen LogP contribution is -2.33. The van der Waals surface area contributed by atoms with Crippen molar-refractivity contribution in [3.63, 3.8) is 0 Å². The summed E-state index contributed by atoms with van der Waals surface area (Å²) in [5.41, 5.74) is 0.548. The van der Waals surface area contributed by atoms with Gasteiger partial charge in [0.15, 0.2) is 0 Å². The molecule has 0 N–H and O–H groups in total. The van der Waals surface area contributed by atoms with E-state index < -0.39 is 0 Å². The van der Waals surface area contributed by atoms with Crippen molar-refractivity contribution in [2.45, 2.75) is 26.9 Å². The van der Waals surface area contributed by atoms with Crippen molar-refractivity contribution in [2.75, 3.05) is 26.7 Å². The number of likely N-dealkylation sites (N-methyl/N-ethyl adjacent to an activating group) is 1. The van der Waals surface area contributed by atoms with E-state index in [0.717, 1.165) is 25.4 Å². The Morgan fingerprint density at radius 3 is 2.26 bits per heavy atom. The number of esters is 1. The second kappa shape index (κ2) is 7.79. The zero-order valence-electron chi connectivity index (χ0n) is 12.2. The number of benzene rings is 1. The van der Waals surface area contributed by atoms with Gasteiger partial charge in [0.2, 0.25) is 0 Å². The molecule has 0 aliphatic heterocycles. The Hall–Kier alpha value is -1.55. The third-order valence-corrected chi connectivity index (χ3v) is 3.04. The van der Waals surface area contributed by atoms with Crippen LogP contribution in [-0.4, -0.2) is 43.7 Å². The molecular formula is C15H23NO3. The van der Waals surface area contributed by atoms with Crippen molar-refractivity contribution in [1.29, 1.82) is 0 Å². The number of methoxy groups -OCH3 is 1. The zero-order valence-corrected chi connectivity index (χ0v) is 12.2. The number of hydrogen-bond acceptors (Lipinski definition) is 4. The van der Waals surface area contributed by atoms with Gasteiger partial charge in [-0.15, -0.1) is 0 Å². The van der Waals surface area contributed by atoms with Crippen molar-refractivity contribution in [1.82, 2.24) is 4.90 Å². The Bertz CT molecular complexity index is 385. The zero-order chi connectivity index (χ0) is 14.3. The van der Waals surface area contributed by atoms with Gasteiger partial charge in [0.05, 0.1) is 12.7 Å². The van der Waals surface area contributed by atoms with Crippen LogP contribution in [0, 0.1) is 0 Å².